The summed E-state index contributed by atoms with van der Waals surface area (Å²) in [6, 6.07) is 16.8. The van der Waals surface area contributed by atoms with E-state index in [9.17, 15) is 4.79 Å². The van der Waals surface area contributed by atoms with Gasteiger partial charge in [-0.2, -0.15) is 0 Å². The molecule has 1 N–H and O–H groups in total. The molecule has 2 aromatic carbocycles. The van der Waals surface area contributed by atoms with Crippen LogP contribution in [0.4, 0.5) is 0 Å². The SMILES string of the molecule is O=C1NC(c2cccc(Cl)c2)=N/C1=C/c1ccccc1. The van der Waals surface area contributed by atoms with Gasteiger partial charge < -0.3 is 5.32 Å². The third-order valence-electron chi connectivity index (χ3n) is 2.90. The Morgan fingerprint density at radius 3 is 2.60 bits per heavy atom. The van der Waals surface area contributed by atoms with Crippen LogP contribution < -0.4 is 5.32 Å². The van der Waals surface area contributed by atoms with Crippen molar-refractivity contribution in [2.45, 2.75) is 0 Å². The number of amidine groups is 1. The molecule has 2 aromatic rings. The van der Waals surface area contributed by atoms with E-state index in [0.717, 1.165) is 11.1 Å². The number of benzene rings is 2. The molecule has 0 aromatic heterocycles. The summed E-state index contributed by atoms with van der Waals surface area (Å²) in [5.74, 6) is 0.323. The molecule has 0 saturated heterocycles. The van der Waals surface area contributed by atoms with Crippen molar-refractivity contribution in [1.82, 2.24) is 5.32 Å². The van der Waals surface area contributed by atoms with E-state index in [1.807, 2.05) is 42.5 Å². The minimum Gasteiger partial charge on any atom is -0.305 e. The van der Waals surface area contributed by atoms with E-state index in [4.69, 9.17) is 11.6 Å². The highest BCUT2D eigenvalue weighted by Gasteiger charge is 2.20. The fraction of sp³-hybridized carbons (Fsp3) is 0. The van der Waals surface area contributed by atoms with Crippen molar-refractivity contribution in [2.75, 3.05) is 0 Å². The summed E-state index contributed by atoms with van der Waals surface area (Å²) in [6.07, 6.45) is 1.76. The minimum atomic E-state index is -0.205. The van der Waals surface area contributed by atoms with Gasteiger partial charge >= 0.3 is 0 Å². The molecule has 1 aliphatic rings. The molecule has 1 aliphatic heterocycles. The smallest absolute Gasteiger partial charge is 0.275 e. The van der Waals surface area contributed by atoms with Gasteiger partial charge in [-0.05, 0) is 23.8 Å². The van der Waals surface area contributed by atoms with Crippen LogP contribution in [-0.4, -0.2) is 11.7 Å². The number of amides is 1. The molecule has 0 fully saturated rings. The lowest BCUT2D eigenvalue weighted by molar-refractivity contribution is -0.115. The number of nitrogens with zero attached hydrogens (tertiary/aromatic N) is 1. The second kappa shape index (κ2) is 5.31. The van der Waals surface area contributed by atoms with E-state index in [1.165, 1.54) is 0 Å². The molecule has 0 aliphatic carbocycles. The Kier molecular flexibility index (Phi) is 3.35. The van der Waals surface area contributed by atoms with Gasteiger partial charge in [-0.25, -0.2) is 4.99 Å². The van der Waals surface area contributed by atoms with Crippen LogP contribution in [-0.2, 0) is 4.79 Å². The van der Waals surface area contributed by atoms with Gasteiger partial charge in [0.05, 0.1) is 0 Å². The zero-order valence-electron chi connectivity index (χ0n) is 10.5. The molecule has 98 valence electrons. The zero-order chi connectivity index (χ0) is 13.9. The van der Waals surface area contributed by atoms with Crippen LogP contribution in [0.5, 0.6) is 0 Å². The number of hydrogen-bond acceptors (Lipinski definition) is 2. The number of rotatable bonds is 2. The second-order valence-corrected chi connectivity index (χ2v) is 4.80. The first-order valence-corrected chi connectivity index (χ1v) is 6.53. The Hall–Kier alpha value is -2.39. The molecule has 0 atom stereocenters. The number of aliphatic imine (C=N–C) groups is 1. The first-order valence-electron chi connectivity index (χ1n) is 6.15. The average molecular weight is 283 g/mol. The second-order valence-electron chi connectivity index (χ2n) is 4.37. The highest BCUT2D eigenvalue weighted by atomic mass is 35.5. The molecule has 0 saturated carbocycles. The predicted molar refractivity (Wildman–Crippen MR) is 80.6 cm³/mol. The summed E-state index contributed by atoms with van der Waals surface area (Å²) in [7, 11) is 0. The third-order valence-corrected chi connectivity index (χ3v) is 3.13. The monoisotopic (exact) mass is 282 g/mol. The van der Waals surface area contributed by atoms with Gasteiger partial charge in [0.15, 0.2) is 0 Å². The zero-order valence-corrected chi connectivity index (χ0v) is 11.3. The molecule has 1 heterocycles. The van der Waals surface area contributed by atoms with Crippen molar-refractivity contribution in [2.24, 2.45) is 4.99 Å². The van der Waals surface area contributed by atoms with Crippen molar-refractivity contribution in [3.05, 3.63) is 76.4 Å². The molecule has 0 radical (unpaired) electrons. The molecular formula is C16H11ClN2O. The molecule has 1 amide bonds. The van der Waals surface area contributed by atoms with Crippen molar-refractivity contribution < 1.29 is 4.79 Å². The third kappa shape index (κ3) is 2.63. The van der Waals surface area contributed by atoms with Crippen LogP contribution in [0.15, 0.2) is 65.3 Å². The van der Waals surface area contributed by atoms with E-state index in [0.29, 0.717) is 16.6 Å². The lowest BCUT2D eigenvalue weighted by atomic mass is 10.2. The predicted octanol–water partition coefficient (Wildman–Crippen LogP) is 3.26. The van der Waals surface area contributed by atoms with Crippen LogP contribution in [0.3, 0.4) is 0 Å². The van der Waals surface area contributed by atoms with Crippen LogP contribution in [0.1, 0.15) is 11.1 Å². The lowest BCUT2D eigenvalue weighted by Crippen LogP contribution is -2.24. The maximum absolute atomic E-state index is 11.9. The van der Waals surface area contributed by atoms with Crippen LogP contribution >= 0.6 is 11.6 Å². The van der Waals surface area contributed by atoms with Gasteiger partial charge in [0.2, 0.25) is 0 Å². The van der Waals surface area contributed by atoms with Gasteiger partial charge in [0.1, 0.15) is 11.5 Å². The molecule has 3 rings (SSSR count). The van der Waals surface area contributed by atoms with Crippen molar-refractivity contribution in [3.8, 4) is 0 Å². The van der Waals surface area contributed by atoms with Gasteiger partial charge in [-0.1, -0.05) is 54.1 Å². The van der Waals surface area contributed by atoms with E-state index in [1.54, 1.807) is 18.2 Å². The Labute approximate surface area is 121 Å². The van der Waals surface area contributed by atoms with Crippen molar-refractivity contribution in [1.29, 1.82) is 0 Å². The normalized spacial score (nSPS) is 16.1. The maximum Gasteiger partial charge on any atom is 0.275 e. The number of carbonyl (C=O) groups is 1. The Morgan fingerprint density at radius 2 is 1.85 bits per heavy atom. The van der Waals surface area contributed by atoms with Gasteiger partial charge in [0, 0.05) is 10.6 Å². The molecule has 0 unspecified atom stereocenters. The number of carbonyl (C=O) groups excluding carboxylic acids is 1. The first kappa shape index (κ1) is 12.6. The van der Waals surface area contributed by atoms with E-state index < -0.39 is 0 Å². The van der Waals surface area contributed by atoms with Crippen LogP contribution in [0.25, 0.3) is 6.08 Å². The fourth-order valence-electron chi connectivity index (χ4n) is 1.95. The summed E-state index contributed by atoms with van der Waals surface area (Å²) < 4.78 is 0. The molecule has 4 heteroatoms. The van der Waals surface area contributed by atoms with Crippen molar-refractivity contribution >= 4 is 29.4 Å². The largest absolute Gasteiger partial charge is 0.305 e. The summed E-state index contributed by atoms with van der Waals surface area (Å²) in [5.41, 5.74) is 2.13. The lowest BCUT2D eigenvalue weighted by Gasteiger charge is -2.00. The Bertz CT molecular complexity index is 720. The van der Waals surface area contributed by atoms with Gasteiger partial charge in [0.25, 0.3) is 5.91 Å². The quantitative estimate of drug-likeness (QED) is 0.844. The molecule has 0 bridgehead atoms. The fourth-order valence-corrected chi connectivity index (χ4v) is 2.14. The van der Waals surface area contributed by atoms with Gasteiger partial charge in [-0.3, -0.25) is 4.79 Å². The molecular weight excluding hydrogens is 272 g/mol. The first-order chi connectivity index (χ1) is 9.72. The molecule has 0 spiro atoms. The highest BCUT2D eigenvalue weighted by Crippen LogP contribution is 2.17. The summed E-state index contributed by atoms with van der Waals surface area (Å²) in [5, 5.41) is 3.36. The Balaban J connectivity index is 1.95. The molecule has 3 nitrogen and oxygen atoms in total. The standard InChI is InChI=1S/C16H11ClN2O/c17-13-8-4-7-12(10-13)15-18-14(16(20)19-15)9-11-5-2-1-3-6-11/h1-10H,(H,18,19,20)/b14-9+. The Morgan fingerprint density at radius 1 is 1.05 bits per heavy atom. The number of nitrogens with one attached hydrogen (secondary N) is 1. The summed E-state index contributed by atoms with van der Waals surface area (Å²) >= 11 is 5.94. The van der Waals surface area contributed by atoms with Crippen LogP contribution in [0.2, 0.25) is 5.02 Å². The summed E-state index contributed by atoms with van der Waals surface area (Å²) in [4.78, 5) is 16.3. The summed E-state index contributed by atoms with van der Waals surface area (Å²) in [6.45, 7) is 0. The number of hydrogen-bond donors (Lipinski definition) is 1. The highest BCUT2D eigenvalue weighted by molar-refractivity contribution is 6.31. The topological polar surface area (TPSA) is 41.5 Å². The average Bonchev–Trinajstić information content (AvgIpc) is 2.81. The van der Waals surface area contributed by atoms with Crippen molar-refractivity contribution in [3.63, 3.8) is 0 Å². The van der Waals surface area contributed by atoms with E-state index >= 15 is 0 Å². The maximum atomic E-state index is 11.9. The van der Waals surface area contributed by atoms with E-state index in [-0.39, 0.29) is 5.91 Å². The van der Waals surface area contributed by atoms with Crippen LogP contribution in [0, 0.1) is 0 Å². The molecule has 20 heavy (non-hydrogen) atoms. The van der Waals surface area contributed by atoms with E-state index in [2.05, 4.69) is 10.3 Å². The minimum absolute atomic E-state index is 0.205. The number of halogens is 1. The van der Waals surface area contributed by atoms with Gasteiger partial charge in [-0.15, -0.1) is 0 Å².